The molecular weight excluding hydrogens is 312 g/mol. The van der Waals surface area contributed by atoms with Crippen molar-refractivity contribution < 1.29 is 9.90 Å². The fourth-order valence-electron chi connectivity index (χ4n) is 2.78. The molecule has 118 valence electrons. The van der Waals surface area contributed by atoms with Crippen LogP contribution in [0.4, 0.5) is 0 Å². The molecule has 0 radical (unpaired) electrons. The maximum absolute atomic E-state index is 12.8. The summed E-state index contributed by atoms with van der Waals surface area (Å²) in [5.41, 5.74) is 1.27. The normalized spacial score (nSPS) is 20.5. The molecule has 0 bridgehead atoms. The van der Waals surface area contributed by atoms with Gasteiger partial charge in [0.1, 0.15) is 0 Å². The number of benzene rings is 2. The van der Waals surface area contributed by atoms with Crippen LogP contribution in [-0.4, -0.2) is 21.7 Å². The van der Waals surface area contributed by atoms with Crippen LogP contribution in [0.25, 0.3) is 0 Å². The molecule has 0 saturated heterocycles. The van der Waals surface area contributed by atoms with Crippen molar-refractivity contribution in [3.63, 3.8) is 0 Å². The predicted octanol–water partition coefficient (Wildman–Crippen LogP) is 3.72. The average Bonchev–Trinajstić information content (AvgIpc) is 2.83. The monoisotopic (exact) mass is 328 g/mol. The number of hydrogen-bond donors (Lipinski definition) is 1. The number of hydrogen-bond acceptors (Lipinski definition) is 3. The van der Waals surface area contributed by atoms with E-state index in [1.165, 1.54) is 5.01 Å². The molecule has 1 heterocycles. The van der Waals surface area contributed by atoms with Crippen LogP contribution in [0.1, 0.15) is 34.8 Å². The predicted molar refractivity (Wildman–Crippen MR) is 90.4 cm³/mol. The summed E-state index contributed by atoms with van der Waals surface area (Å²) in [5, 5.41) is 17.1. The third-order valence-electron chi connectivity index (χ3n) is 3.89. The molecule has 1 aliphatic rings. The number of halogens is 1. The molecule has 0 aliphatic carbocycles. The number of hydrazone groups is 1. The summed E-state index contributed by atoms with van der Waals surface area (Å²) in [7, 11) is 0. The second kappa shape index (κ2) is 5.80. The summed E-state index contributed by atoms with van der Waals surface area (Å²) in [6.45, 7) is 3.71. The van der Waals surface area contributed by atoms with Gasteiger partial charge in [-0.3, -0.25) is 4.79 Å². The van der Waals surface area contributed by atoms with E-state index in [1.807, 2.05) is 19.1 Å². The Morgan fingerprint density at radius 1 is 1.22 bits per heavy atom. The van der Waals surface area contributed by atoms with E-state index in [4.69, 9.17) is 11.6 Å². The van der Waals surface area contributed by atoms with Gasteiger partial charge in [0.15, 0.2) is 5.72 Å². The van der Waals surface area contributed by atoms with Crippen LogP contribution in [0.3, 0.4) is 0 Å². The van der Waals surface area contributed by atoms with Crippen LogP contribution in [0.5, 0.6) is 0 Å². The van der Waals surface area contributed by atoms with Crippen molar-refractivity contribution in [1.29, 1.82) is 0 Å². The minimum absolute atomic E-state index is 0.270. The Balaban J connectivity index is 2.01. The van der Waals surface area contributed by atoms with Crippen molar-refractivity contribution in [2.45, 2.75) is 26.0 Å². The van der Waals surface area contributed by atoms with Crippen LogP contribution in [0, 0.1) is 6.92 Å². The number of aryl methyl sites for hydroxylation is 1. The van der Waals surface area contributed by atoms with E-state index in [0.29, 0.717) is 21.9 Å². The van der Waals surface area contributed by atoms with Gasteiger partial charge < -0.3 is 5.11 Å². The molecule has 1 aliphatic heterocycles. The first-order chi connectivity index (χ1) is 10.9. The van der Waals surface area contributed by atoms with Gasteiger partial charge in [0.25, 0.3) is 5.91 Å². The van der Waals surface area contributed by atoms with Crippen LogP contribution < -0.4 is 0 Å². The smallest absolute Gasteiger partial charge is 0.276 e. The van der Waals surface area contributed by atoms with Crippen molar-refractivity contribution in [3.05, 3.63) is 70.2 Å². The summed E-state index contributed by atoms with van der Waals surface area (Å²) in [4.78, 5) is 12.8. The van der Waals surface area contributed by atoms with Crippen molar-refractivity contribution in [3.8, 4) is 0 Å². The zero-order chi connectivity index (χ0) is 16.6. The lowest BCUT2D eigenvalue weighted by atomic mass is 9.97. The summed E-state index contributed by atoms with van der Waals surface area (Å²) >= 11 is 5.91. The second-order valence-corrected chi connectivity index (χ2v) is 6.26. The first kappa shape index (κ1) is 15.7. The molecule has 3 rings (SSSR count). The third-order valence-corrected chi connectivity index (χ3v) is 4.14. The van der Waals surface area contributed by atoms with Gasteiger partial charge in [-0.15, -0.1) is 0 Å². The summed E-state index contributed by atoms with van der Waals surface area (Å²) in [5.74, 6) is -0.331. The molecule has 0 unspecified atom stereocenters. The maximum Gasteiger partial charge on any atom is 0.276 e. The van der Waals surface area contributed by atoms with Crippen LogP contribution >= 0.6 is 11.6 Å². The van der Waals surface area contributed by atoms with Crippen molar-refractivity contribution in [2.75, 3.05) is 0 Å². The van der Waals surface area contributed by atoms with E-state index < -0.39 is 5.72 Å². The lowest BCUT2D eigenvalue weighted by Crippen LogP contribution is -2.43. The lowest BCUT2D eigenvalue weighted by Gasteiger charge is -2.31. The molecule has 1 N–H and O–H groups in total. The number of rotatable bonds is 2. The largest absolute Gasteiger partial charge is 0.365 e. The molecule has 0 fully saturated rings. The number of nitrogens with zero attached hydrogens (tertiary/aromatic N) is 2. The van der Waals surface area contributed by atoms with Gasteiger partial charge in [0.05, 0.1) is 0 Å². The van der Waals surface area contributed by atoms with Gasteiger partial charge in [-0.1, -0.05) is 41.4 Å². The van der Waals surface area contributed by atoms with Gasteiger partial charge >= 0.3 is 0 Å². The van der Waals surface area contributed by atoms with Crippen molar-refractivity contribution >= 4 is 23.2 Å². The molecule has 4 nitrogen and oxygen atoms in total. The Bertz CT molecular complexity index is 786. The van der Waals surface area contributed by atoms with E-state index in [0.717, 1.165) is 5.56 Å². The summed E-state index contributed by atoms with van der Waals surface area (Å²) in [6.07, 6.45) is 0.270. The van der Waals surface area contributed by atoms with E-state index >= 15 is 0 Å². The highest BCUT2D eigenvalue weighted by Gasteiger charge is 2.45. The fraction of sp³-hybridized carbons (Fsp3) is 0.222. The topological polar surface area (TPSA) is 52.9 Å². The van der Waals surface area contributed by atoms with Gasteiger partial charge in [-0.05, 0) is 38.1 Å². The maximum atomic E-state index is 12.8. The van der Waals surface area contributed by atoms with E-state index in [1.54, 1.807) is 43.3 Å². The zero-order valence-corrected chi connectivity index (χ0v) is 13.7. The fourth-order valence-corrected chi connectivity index (χ4v) is 2.90. The number of carbonyl (C=O) groups excluding carboxylic acids is 1. The lowest BCUT2D eigenvalue weighted by molar-refractivity contribution is -0.0765. The summed E-state index contributed by atoms with van der Waals surface area (Å²) in [6, 6.07) is 14.1. The zero-order valence-electron chi connectivity index (χ0n) is 13.0. The van der Waals surface area contributed by atoms with Gasteiger partial charge in [-0.25, -0.2) is 0 Å². The molecule has 0 spiro atoms. The van der Waals surface area contributed by atoms with E-state index in [2.05, 4.69) is 5.10 Å². The van der Waals surface area contributed by atoms with Crippen LogP contribution in [0.15, 0.2) is 53.6 Å². The molecule has 0 saturated carbocycles. The van der Waals surface area contributed by atoms with Gasteiger partial charge in [-0.2, -0.15) is 10.1 Å². The molecular formula is C18H17ClN2O2. The summed E-state index contributed by atoms with van der Waals surface area (Å²) < 4.78 is 0. The van der Waals surface area contributed by atoms with E-state index in [-0.39, 0.29) is 12.3 Å². The first-order valence-electron chi connectivity index (χ1n) is 7.34. The van der Waals surface area contributed by atoms with Gasteiger partial charge in [0, 0.05) is 28.3 Å². The Morgan fingerprint density at radius 2 is 1.91 bits per heavy atom. The number of carbonyl (C=O) groups is 1. The standard InChI is InChI=1S/C18H17ClN2O2/c1-12-4-3-5-14(10-12)17(22)21-18(23,11-13(2)20-21)15-6-8-16(19)9-7-15/h3-10,23H,11H2,1-2H3/t18-/m1/s1. The molecule has 1 atom stereocenters. The molecule has 5 heteroatoms. The Kier molecular flexibility index (Phi) is 3.96. The SMILES string of the molecule is CC1=NN(C(=O)c2cccc(C)c2)[C@](O)(c2ccc(Cl)cc2)C1. The van der Waals surface area contributed by atoms with Gasteiger partial charge in [0.2, 0.25) is 0 Å². The minimum atomic E-state index is -1.49. The Morgan fingerprint density at radius 3 is 2.57 bits per heavy atom. The van der Waals surface area contributed by atoms with Crippen LogP contribution in [0.2, 0.25) is 5.02 Å². The Labute approximate surface area is 140 Å². The van der Waals surface area contributed by atoms with E-state index in [9.17, 15) is 9.90 Å². The quantitative estimate of drug-likeness (QED) is 0.913. The highest BCUT2D eigenvalue weighted by Crippen LogP contribution is 2.36. The highest BCUT2D eigenvalue weighted by molar-refractivity contribution is 6.30. The van der Waals surface area contributed by atoms with Crippen LogP contribution in [-0.2, 0) is 5.72 Å². The molecule has 2 aromatic rings. The minimum Gasteiger partial charge on any atom is -0.365 e. The second-order valence-electron chi connectivity index (χ2n) is 5.82. The van der Waals surface area contributed by atoms with Crippen molar-refractivity contribution in [2.24, 2.45) is 5.10 Å². The molecule has 23 heavy (non-hydrogen) atoms. The molecule has 2 aromatic carbocycles. The Hall–Kier alpha value is -2.17. The molecule has 0 aromatic heterocycles. The number of amides is 1. The first-order valence-corrected chi connectivity index (χ1v) is 7.72. The number of aliphatic hydroxyl groups is 1. The van der Waals surface area contributed by atoms with Crippen molar-refractivity contribution in [1.82, 2.24) is 5.01 Å². The highest BCUT2D eigenvalue weighted by atomic mass is 35.5. The average molecular weight is 329 g/mol. The third kappa shape index (κ3) is 2.87. The molecule has 1 amide bonds.